The number of nitrogens with two attached hydrogens (primary N) is 1. The van der Waals surface area contributed by atoms with E-state index in [1.165, 1.54) is 44.9 Å². The first-order valence-electron chi connectivity index (χ1n) is 6.99. The van der Waals surface area contributed by atoms with Gasteiger partial charge in [0.05, 0.1) is 6.10 Å². The van der Waals surface area contributed by atoms with E-state index in [0.29, 0.717) is 30.1 Å². The van der Waals surface area contributed by atoms with Crippen LogP contribution < -0.4 is 11.1 Å². The third kappa shape index (κ3) is 1.89. The molecule has 2 saturated carbocycles. The highest BCUT2D eigenvalue weighted by molar-refractivity contribution is 5.08. The molecule has 0 radical (unpaired) electrons. The van der Waals surface area contributed by atoms with Crippen molar-refractivity contribution in [3.05, 3.63) is 0 Å². The summed E-state index contributed by atoms with van der Waals surface area (Å²) in [7, 11) is 0. The van der Waals surface area contributed by atoms with Crippen LogP contribution in [-0.4, -0.2) is 30.8 Å². The van der Waals surface area contributed by atoms with Crippen molar-refractivity contribution in [2.45, 2.75) is 69.2 Å². The van der Waals surface area contributed by atoms with Gasteiger partial charge in [-0.15, -0.1) is 0 Å². The second-order valence-electron chi connectivity index (χ2n) is 5.75. The summed E-state index contributed by atoms with van der Waals surface area (Å²) in [6.45, 7) is 0.941. The zero-order chi connectivity index (χ0) is 11.0. The molecule has 3 nitrogen and oxygen atoms in total. The lowest BCUT2D eigenvalue weighted by molar-refractivity contribution is -0.123. The first kappa shape index (κ1) is 11.0. The molecule has 0 amide bonds. The molecule has 4 atom stereocenters. The fourth-order valence-electron chi connectivity index (χ4n) is 3.69. The highest BCUT2D eigenvalue weighted by atomic mass is 16.5. The molecule has 3 rings (SSSR count). The van der Waals surface area contributed by atoms with Gasteiger partial charge in [-0.2, -0.15) is 0 Å². The van der Waals surface area contributed by atoms with Gasteiger partial charge in [-0.1, -0.05) is 19.3 Å². The molecular weight excluding hydrogens is 200 g/mol. The molecule has 0 aromatic heterocycles. The van der Waals surface area contributed by atoms with Gasteiger partial charge < -0.3 is 15.8 Å². The summed E-state index contributed by atoms with van der Waals surface area (Å²) in [4.78, 5) is 0. The Morgan fingerprint density at radius 2 is 1.81 bits per heavy atom. The highest BCUT2D eigenvalue weighted by Crippen LogP contribution is 2.37. The number of hydrogen-bond acceptors (Lipinski definition) is 3. The molecule has 1 aliphatic heterocycles. The van der Waals surface area contributed by atoms with Gasteiger partial charge in [0.15, 0.2) is 0 Å². The smallest absolute Gasteiger partial charge is 0.0786 e. The lowest BCUT2D eigenvalue weighted by Gasteiger charge is -2.53. The molecule has 16 heavy (non-hydrogen) atoms. The largest absolute Gasteiger partial charge is 0.376 e. The average molecular weight is 224 g/mol. The number of ether oxygens (including phenoxy) is 1. The Labute approximate surface area is 98.1 Å². The van der Waals surface area contributed by atoms with E-state index in [1.807, 2.05) is 0 Å². The molecule has 4 unspecified atom stereocenters. The minimum absolute atomic E-state index is 0.340. The van der Waals surface area contributed by atoms with Gasteiger partial charge in [-0.05, 0) is 25.7 Å². The van der Waals surface area contributed by atoms with E-state index in [-0.39, 0.29) is 0 Å². The molecular formula is C13H24N2O. The van der Waals surface area contributed by atoms with Gasteiger partial charge in [0.2, 0.25) is 0 Å². The first-order valence-corrected chi connectivity index (χ1v) is 6.99. The Hall–Kier alpha value is -0.120. The van der Waals surface area contributed by atoms with E-state index in [9.17, 15) is 0 Å². The monoisotopic (exact) mass is 224 g/mol. The summed E-state index contributed by atoms with van der Waals surface area (Å²) < 4.78 is 5.86. The lowest BCUT2D eigenvalue weighted by Crippen LogP contribution is -2.72. The van der Waals surface area contributed by atoms with Crippen molar-refractivity contribution in [1.29, 1.82) is 0 Å². The highest BCUT2D eigenvalue weighted by Gasteiger charge is 2.50. The maximum Gasteiger partial charge on any atom is 0.0786 e. The van der Waals surface area contributed by atoms with E-state index in [1.54, 1.807) is 0 Å². The minimum atomic E-state index is 0.340. The zero-order valence-electron chi connectivity index (χ0n) is 10.0. The molecule has 2 aliphatic carbocycles. The summed E-state index contributed by atoms with van der Waals surface area (Å²) in [5.74, 6) is 0.634. The third-order valence-electron chi connectivity index (χ3n) is 4.71. The van der Waals surface area contributed by atoms with Crippen LogP contribution in [0.25, 0.3) is 0 Å². The van der Waals surface area contributed by atoms with E-state index in [4.69, 9.17) is 10.5 Å². The van der Waals surface area contributed by atoms with Crippen LogP contribution in [0, 0.1) is 5.92 Å². The van der Waals surface area contributed by atoms with Crippen molar-refractivity contribution in [3.8, 4) is 0 Å². The summed E-state index contributed by atoms with van der Waals surface area (Å²) >= 11 is 0. The van der Waals surface area contributed by atoms with Crippen LogP contribution in [0.3, 0.4) is 0 Å². The predicted octanol–water partition coefficient (Wildman–Crippen LogP) is 1.41. The summed E-state index contributed by atoms with van der Waals surface area (Å²) in [5.41, 5.74) is 6.25. The van der Waals surface area contributed by atoms with Crippen LogP contribution in [0.2, 0.25) is 0 Å². The fourth-order valence-corrected chi connectivity index (χ4v) is 3.69. The molecule has 0 aromatic carbocycles. The van der Waals surface area contributed by atoms with Gasteiger partial charge >= 0.3 is 0 Å². The molecule has 1 heterocycles. The number of fused-ring (bicyclic) bond motifs is 1. The van der Waals surface area contributed by atoms with Crippen LogP contribution in [0.1, 0.15) is 44.9 Å². The molecule has 0 spiro atoms. The Bertz CT molecular complexity index is 240. The van der Waals surface area contributed by atoms with Crippen LogP contribution in [0.15, 0.2) is 0 Å². The van der Waals surface area contributed by atoms with Crippen molar-refractivity contribution in [2.75, 3.05) is 6.61 Å². The standard InChI is InChI=1S/C13H24N2O/c14-11-10-7-4-8-16-13(10)12(11)15-9-5-2-1-3-6-9/h9-13,15H,1-8,14H2. The summed E-state index contributed by atoms with van der Waals surface area (Å²) in [6.07, 6.45) is 9.74. The van der Waals surface area contributed by atoms with Gasteiger partial charge in [0.25, 0.3) is 0 Å². The number of nitrogens with one attached hydrogen (secondary N) is 1. The lowest BCUT2D eigenvalue weighted by atomic mass is 9.68. The molecule has 1 saturated heterocycles. The second kappa shape index (κ2) is 4.63. The average Bonchev–Trinajstić information content (AvgIpc) is 2.37. The van der Waals surface area contributed by atoms with Crippen molar-refractivity contribution in [1.82, 2.24) is 5.32 Å². The van der Waals surface area contributed by atoms with E-state index in [2.05, 4.69) is 5.32 Å². The zero-order valence-corrected chi connectivity index (χ0v) is 10.0. The van der Waals surface area contributed by atoms with Gasteiger partial charge in [-0.3, -0.25) is 0 Å². The molecule has 3 aliphatic rings. The molecule has 0 bridgehead atoms. The van der Waals surface area contributed by atoms with E-state index >= 15 is 0 Å². The van der Waals surface area contributed by atoms with Crippen molar-refractivity contribution in [3.63, 3.8) is 0 Å². The quantitative estimate of drug-likeness (QED) is 0.745. The number of hydrogen-bond donors (Lipinski definition) is 2. The second-order valence-corrected chi connectivity index (χ2v) is 5.75. The van der Waals surface area contributed by atoms with Crippen LogP contribution in [-0.2, 0) is 4.74 Å². The summed E-state index contributed by atoms with van der Waals surface area (Å²) in [6, 6.07) is 1.48. The summed E-state index contributed by atoms with van der Waals surface area (Å²) in [5, 5.41) is 3.75. The Morgan fingerprint density at radius 3 is 2.62 bits per heavy atom. The normalized spacial score (nSPS) is 44.8. The van der Waals surface area contributed by atoms with Gasteiger partial charge in [-0.25, -0.2) is 0 Å². The molecule has 3 heteroatoms. The van der Waals surface area contributed by atoms with Crippen molar-refractivity contribution < 1.29 is 4.74 Å². The molecule has 92 valence electrons. The molecule has 3 fully saturated rings. The fraction of sp³-hybridized carbons (Fsp3) is 1.00. The van der Waals surface area contributed by atoms with Crippen LogP contribution >= 0.6 is 0 Å². The first-order chi connectivity index (χ1) is 7.86. The maximum absolute atomic E-state index is 6.25. The SMILES string of the molecule is NC1C2CCCOC2C1NC1CCCCC1. The van der Waals surface area contributed by atoms with Crippen LogP contribution in [0.4, 0.5) is 0 Å². The number of rotatable bonds is 2. The van der Waals surface area contributed by atoms with Gasteiger partial charge in [0.1, 0.15) is 0 Å². The minimum Gasteiger partial charge on any atom is -0.376 e. The van der Waals surface area contributed by atoms with Crippen molar-refractivity contribution >= 4 is 0 Å². The topological polar surface area (TPSA) is 47.3 Å². The predicted molar refractivity (Wildman–Crippen MR) is 64.2 cm³/mol. The maximum atomic E-state index is 6.25. The van der Waals surface area contributed by atoms with E-state index < -0.39 is 0 Å². The van der Waals surface area contributed by atoms with Crippen molar-refractivity contribution in [2.24, 2.45) is 11.7 Å². The van der Waals surface area contributed by atoms with Crippen LogP contribution in [0.5, 0.6) is 0 Å². The molecule has 3 N–H and O–H groups in total. The third-order valence-corrected chi connectivity index (χ3v) is 4.71. The Morgan fingerprint density at radius 1 is 1.00 bits per heavy atom. The Balaban J connectivity index is 1.54. The molecule has 0 aromatic rings. The van der Waals surface area contributed by atoms with Gasteiger partial charge in [0, 0.05) is 30.7 Å². The Kier molecular flexibility index (Phi) is 3.18. The van der Waals surface area contributed by atoms with E-state index in [0.717, 1.165) is 6.61 Å².